The fourth-order valence-electron chi connectivity index (χ4n) is 1.91. The number of rotatable bonds is 4. The Bertz CT molecular complexity index is 503. The van der Waals surface area contributed by atoms with Crippen LogP contribution in [0.25, 0.3) is 5.69 Å². The van der Waals surface area contributed by atoms with E-state index < -0.39 is 0 Å². The second kappa shape index (κ2) is 5.06. The average Bonchev–Trinajstić information content (AvgIpc) is 2.78. The summed E-state index contributed by atoms with van der Waals surface area (Å²) in [5, 5.41) is 0. The Morgan fingerprint density at radius 3 is 2.82 bits per heavy atom. The second-order valence-electron chi connectivity index (χ2n) is 4.14. The molecule has 0 spiro atoms. The maximum absolute atomic E-state index is 5.55. The third-order valence-corrected chi connectivity index (χ3v) is 2.80. The highest BCUT2D eigenvalue weighted by atomic mass is 16.5. The van der Waals surface area contributed by atoms with E-state index in [1.165, 1.54) is 11.1 Å². The maximum Gasteiger partial charge on any atom is 0.142 e. The van der Waals surface area contributed by atoms with Gasteiger partial charge in [-0.2, -0.15) is 0 Å². The Kier molecular flexibility index (Phi) is 3.49. The van der Waals surface area contributed by atoms with Crippen LogP contribution in [0.4, 0.5) is 0 Å². The largest absolute Gasteiger partial charge is 0.495 e. The summed E-state index contributed by atoms with van der Waals surface area (Å²) >= 11 is 0. The minimum atomic E-state index is 0.676. The van der Waals surface area contributed by atoms with Crippen LogP contribution in [-0.4, -0.2) is 18.2 Å². The summed E-state index contributed by atoms with van der Waals surface area (Å²) in [7, 11) is 1.69. The molecule has 0 radical (unpaired) electrons. The van der Waals surface area contributed by atoms with E-state index in [0.29, 0.717) is 6.54 Å². The molecule has 2 N–H and O–H groups in total. The second-order valence-corrected chi connectivity index (χ2v) is 4.14. The van der Waals surface area contributed by atoms with Crippen LogP contribution in [0.5, 0.6) is 5.75 Å². The summed E-state index contributed by atoms with van der Waals surface area (Å²) in [6, 6.07) is 8.25. The van der Waals surface area contributed by atoms with E-state index in [9.17, 15) is 0 Å². The summed E-state index contributed by atoms with van der Waals surface area (Å²) < 4.78 is 7.46. The number of methoxy groups -OCH3 is 1. The standard InChI is InChI=1S/C14H18N2O/c1-11-3-4-14(17-2)13(9-11)16-8-6-12(10-16)5-7-15/h3-4,6,8-10H,5,7,15H2,1-2H3. The molecule has 1 aromatic heterocycles. The zero-order chi connectivity index (χ0) is 12.3. The van der Waals surface area contributed by atoms with Crippen LogP contribution in [0.15, 0.2) is 36.7 Å². The normalized spacial score (nSPS) is 10.5. The molecule has 1 aromatic carbocycles. The highest BCUT2D eigenvalue weighted by molar-refractivity contribution is 5.49. The molecule has 0 aliphatic rings. The van der Waals surface area contributed by atoms with Crippen LogP contribution in [0.2, 0.25) is 0 Å². The molecule has 0 amide bonds. The molecule has 2 rings (SSSR count). The van der Waals surface area contributed by atoms with Crippen LogP contribution in [0.1, 0.15) is 11.1 Å². The number of hydrogen-bond donors (Lipinski definition) is 1. The number of nitrogens with zero attached hydrogens (tertiary/aromatic N) is 1. The van der Waals surface area contributed by atoms with Crippen molar-refractivity contribution in [3.8, 4) is 11.4 Å². The van der Waals surface area contributed by atoms with Crippen LogP contribution in [0.3, 0.4) is 0 Å². The van der Waals surface area contributed by atoms with Gasteiger partial charge in [0.25, 0.3) is 0 Å². The molecule has 0 saturated carbocycles. The molecule has 0 unspecified atom stereocenters. The van der Waals surface area contributed by atoms with E-state index in [-0.39, 0.29) is 0 Å². The van der Waals surface area contributed by atoms with Gasteiger partial charge in [-0.1, -0.05) is 6.07 Å². The quantitative estimate of drug-likeness (QED) is 0.875. The summed E-state index contributed by atoms with van der Waals surface area (Å²) in [6.07, 6.45) is 5.05. The van der Waals surface area contributed by atoms with Crippen molar-refractivity contribution < 1.29 is 4.74 Å². The minimum absolute atomic E-state index is 0.676. The van der Waals surface area contributed by atoms with E-state index >= 15 is 0 Å². The van der Waals surface area contributed by atoms with Crippen molar-refractivity contribution in [3.63, 3.8) is 0 Å². The van der Waals surface area contributed by atoms with Gasteiger partial charge in [0, 0.05) is 12.4 Å². The third-order valence-electron chi connectivity index (χ3n) is 2.80. The predicted octanol–water partition coefficient (Wildman–Crippen LogP) is 2.30. The molecule has 90 valence electrons. The number of aromatic nitrogens is 1. The van der Waals surface area contributed by atoms with Gasteiger partial charge in [-0.15, -0.1) is 0 Å². The SMILES string of the molecule is COc1ccc(C)cc1-n1ccc(CCN)c1. The highest BCUT2D eigenvalue weighted by Crippen LogP contribution is 2.24. The van der Waals surface area contributed by atoms with Crippen molar-refractivity contribution in [2.75, 3.05) is 13.7 Å². The summed E-state index contributed by atoms with van der Waals surface area (Å²) in [4.78, 5) is 0. The number of benzene rings is 1. The monoisotopic (exact) mass is 230 g/mol. The highest BCUT2D eigenvalue weighted by Gasteiger charge is 2.05. The van der Waals surface area contributed by atoms with Gasteiger partial charge in [-0.05, 0) is 49.2 Å². The molecule has 0 aliphatic heterocycles. The van der Waals surface area contributed by atoms with Gasteiger partial charge in [0.1, 0.15) is 5.75 Å². The summed E-state index contributed by atoms with van der Waals surface area (Å²) in [5.74, 6) is 0.880. The molecule has 0 aliphatic carbocycles. The lowest BCUT2D eigenvalue weighted by molar-refractivity contribution is 0.413. The lowest BCUT2D eigenvalue weighted by Crippen LogP contribution is -2.02. The van der Waals surface area contributed by atoms with Crippen molar-refractivity contribution in [2.24, 2.45) is 5.73 Å². The lowest BCUT2D eigenvalue weighted by Gasteiger charge is -2.10. The summed E-state index contributed by atoms with van der Waals surface area (Å²) in [5.41, 5.74) is 9.08. The van der Waals surface area contributed by atoms with Gasteiger partial charge in [0.05, 0.1) is 12.8 Å². The van der Waals surface area contributed by atoms with Crippen LogP contribution in [-0.2, 0) is 6.42 Å². The van der Waals surface area contributed by atoms with Crippen molar-refractivity contribution in [3.05, 3.63) is 47.8 Å². The van der Waals surface area contributed by atoms with Crippen LogP contribution < -0.4 is 10.5 Å². The first-order chi connectivity index (χ1) is 8.24. The molecule has 0 saturated heterocycles. The van der Waals surface area contributed by atoms with Gasteiger partial charge in [0.15, 0.2) is 0 Å². The molecule has 2 aromatic rings. The van der Waals surface area contributed by atoms with E-state index in [4.69, 9.17) is 10.5 Å². The Balaban J connectivity index is 2.40. The average molecular weight is 230 g/mol. The molecule has 0 bridgehead atoms. The topological polar surface area (TPSA) is 40.2 Å². The zero-order valence-corrected chi connectivity index (χ0v) is 10.3. The summed E-state index contributed by atoms with van der Waals surface area (Å²) in [6.45, 7) is 2.75. The fourth-order valence-corrected chi connectivity index (χ4v) is 1.91. The Morgan fingerprint density at radius 2 is 2.12 bits per heavy atom. The van der Waals surface area contributed by atoms with Gasteiger partial charge in [0.2, 0.25) is 0 Å². The van der Waals surface area contributed by atoms with Crippen molar-refractivity contribution in [1.82, 2.24) is 4.57 Å². The number of hydrogen-bond acceptors (Lipinski definition) is 2. The van der Waals surface area contributed by atoms with Gasteiger partial charge in [-0.3, -0.25) is 0 Å². The smallest absolute Gasteiger partial charge is 0.142 e. The molecule has 17 heavy (non-hydrogen) atoms. The van der Waals surface area contributed by atoms with Gasteiger partial charge in [-0.25, -0.2) is 0 Å². The van der Waals surface area contributed by atoms with Crippen LogP contribution >= 0.6 is 0 Å². The van der Waals surface area contributed by atoms with Gasteiger partial charge < -0.3 is 15.0 Å². The Hall–Kier alpha value is -1.74. The minimum Gasteiger partial charge on any atom is -0.495 e. The molecular weight excluding hydrogens is 212 g/mol. The van der Waals surface area contributed by atoms with E-state index in [2.05, 4.69) is 29.8 Å². The maximum atomic E-state index is 5.55. The molecule has 3 nitrogen and oxygen atoms in total. The van der Waals surface area contributed by atoms with Crippen LogP contribution in [0, 0.1) is 6.92 Å². The predicted molar refractivity (Wildman–Crippen MR) is 69.8 cm³/mol. The van der Waals surface area contributed by atoms with E-state index in [1.54, 1.807) is 7.11 Å². The van der Waals surface area contributed by atoms with Crippen molar-refractivity contribution in [2.45, 2.75) is 13.3 Å². The number of aryl methyl sites for hydroxylation is 1. The van der Waals surface area contributed by atoms with E-state index in [1.807, 2.05) is 18.3 Å². The molecule has 0 fully saturated rings. The molecule has 0 atom stereocenters. The van der Waals surface area contributed by atoms with Crippen molar-refractivity contribution in [1.29, 1.82) is 0 Å². The molecule has 3 heteroatoms. The lowest BCUT2D eigenvalue weighted by atomic mass is 10.2. The van der Waals surface area contributed by atoms with E-state index in [0.717, 1.165) is 17.9 Å². The molecular formula is C14H18N2O. The van der Waals surface area contributed by atoms with Crippen molar-refractivity contribution >= 4 is 0 Å². The number of ether oxygens (including phenoxy) is 1. The van der Waals surface area contributed by atoms with Gasteiger partial charge >= 0.3 is 0 Å². The first-order valence-corrected chi connectivity index (χ1v) is 5.76. The fraction of sp³-hybridized carbons (Fsp3) is 0.286. The third kappa shape index (κ3) is 2.50. The molecule has 1 heterocycles. The number of nitrogens with two attached hydrogens (primary N) is 1. The first kappa shape index (κ1) is 11.7. The first-order valence-electron chi connectivity index (χ1n) is 5.76. The Morgan fingerprint density at radius 1 is 1.29 bits per heavy atom. The Labute approximate surface area is 102 Å². The zero-order valence-electron chi connectivity index (χ0n) is 10.3.